The Bertz CT molecular complexity index is 836. The number of aromatic carboxylic acids is 1. The Morgan fingerprint density at radius 2 is 2.13 bits per heavy atom. The molecule has 0 radical (unpaired) electrons. The van der Waals surface area contributed by atoms with Crippen molar-refractivity contribution in [2.75, 3.05) is 0 Å². The van der Waals surface area contributed by atoms with E-state index in [1.807, 2.05) is 29.0 Å². The summed E-state index contributed by atoms with van der Waals surface area (Å²) in [5.41, 5.74) is 1.29. The molecule has 3 rings (SSSR count). The Kier molecular flexibility index (Phi) is 4.34. The summed E-state index contributed by atoms with van der Waals surface area (Å²) < 4.78 is 14.9. The van der Waals surface area contributed by atoms with Crippen LogP contribution in [0.15, 0.2) is 55.1 Å². The molecule has 2 aromatic heterocycles. The monoisotopic (exact) mass is 328 g/mol. The van der Waals surface area contributed by atoms with Crippen molar-refractivity contribution in [1.82, 2.24) is 9.55 Å². The van der Waals surface area contributed by atoms with Gasteiger partial charge >= 0.3 is 5.97 Å². The normalized spacial score (nSPS) is 11.2. The molecule has 1 N–H and O–H groups in total. The largest absolute Gasteiger partial charge is 0.477 e. The number of nitrogens with zero attached hydrogens (tertiary/aromatic N) is 2. The van der Waals surface area contributed by atoms with Crippen molar-refractivity contribution >= 4 is 23.4 Å². The summed E-state index contributed by atoms with van der Waals surface area (Å²) in [4.78, 5) is 16.5. The first-order chi connectivity index (χ1) is 11.1. The first-order valence-electron chi connectivity index (χ1n) is 6.89. The van der Waals surface area contributed by atoms with Crippen molar-refractivity contribution in [3.05, 3.63) is 70.7 Å². The Balaban J connectivity index is 1.88. The lowest BCUT2D eigenvalue weighted by molar-refractivity contribution is 0.0703. The van der Waals surface area contributed by atoms with Crippen molar-refractivity contribution in [3.63, 3.8) is 0 Å². The van der Waals surface area contributed by atoms with Crippen molar-refractivity contribution in [2.24, 2.45) is 0 Å². The molecule has 0 saturated carbocycles. The molecule has 116 valence electrons. The highest BCUT2D eigenvalue weighted by Crippen LogP contribution is 2.32. The van der Waals surface area contributed by atoms with Gasteiger partial charge in [-0.3, -0.25) is 0 Å². The van der Waals surface area contributed by atoms with E-state index in [1.165, 1.54) is 23.5 Å². The number of carboxylic acid groups (broad SMARTS) is 1. The topological polar surface area (TPSA) is 55.1 Å². The highest BCUT2D eigenvalue weighted by Gasteiger charge is 2.15. The summed E-state index contributed by atoms with van der Waals surface area (Å²) in [5.74, 6) is -1.33. The Labute approximate surface area is 136 Å². The Morgan fingerprint density at radius 3 is 2.78 bits per heavy atom. The van der Waals surface area contributed by atoms with Crippen LogP contribution >= 0.6 is 11.3 Å². The lowest BCUT2D eigenvalue weighted by atomic mass is 10.1. The Morgan fingerprint density at radius 1 is 1.35 bits per heavy atom. The number of hydrogen-bond donors (Lipinski definition) is 1. The summed E-state index contributed by atoms with van der Waals surface area (Å²) >= 11 is 1.20. The molecule has 2 heterocycles. The zero-order valence-electron chi connectivity index (χ0n) is 12.0. The summed E-state index contributed by atoms with van der Waals surface area (Å²) in [7, 11) is 0. The van der Waals surface area contributed by atoms with Gasteiger partial charge in [0.1, 0.15) is 10.7 Å². The van der Waals surface area contributed by atoms with Crippen LogP contribution in [0.3, 0.4) is 0 Å². The quantitative estimate of drug-likeness (QED) is 0.765. The fraction of sp³-hybridized carbons (Fsp3) is 0.0588. The number of imidazole rings is 1. The van der Waals surface area contributed by atoms with Crippen molar-refractivity contribution in [3.8, 4) is 11.1 Å². The number of hydrogen-bond acceptors (Lipinski definition) is 3. The highest BCUT2D eigenvalue weighted by molar-refractivity contribution is 7.15. The van der Waals surface area contributed by atoms with Gasteiger partial charge in [0, 0.05) is 29.4 Å². The zero-order valence-corrected chi connectivity index (χ0v) is 12.8. The van der Waals surface area contributed by atoms with Crippen LogP contribution in [0.1, 0.15) is 14.5 Å². The molecule has 0 amide bonds. The first-order valence-corrected chi connectivity index (χ1v) is 7.70. The molecule has 0 saturated heterocycles. The van der Waals surface area contributed by atoms with Crippen LogP contribution in [0.25, 0.3) is 17.2 Å². The molecule has 0 aliphatic rings. The summed E-state index contributed by atoms with van der Waals surface area (Å²) in [6, 6.07) is 7.64. The molecule has 23 heavy (non-hydrogen) atoms. The van der Waals surface area contributed by atoms with Crippen molar-refractivity contribution in [2.45, 2.75) is 6.54 Å². The maximum Gasteiger partial charge on any atom is 0.346 e. The number of halogens is 1. The van der Waals surface area contributed by atoms with E-state index in [0.29, 0.717) is 17.7 Å². The van der Waals surface area contributed by atoms with Crippen LogP contribution in [-0.2, 0) is 6.54 Å². The maximum atomic E-state index is 13.0. The molecule has 0 aliphatic carbocycles. The van der Waals surface area contributed by atoms with Crippen molar-refractivity contribution < 1.29 is 14.3 Å². The standard InChI is InChI=1S/C17H13FN2O2S/c18-13-5-3-12(4-6-13)15-10-14(23-16(15)17(21)22)2-1-8-20-9-7-19-11-20/h1-7,9-11H,8H2,(H,21,22). The van der Waals surface area contributed by atoms with E-state index in [1.54, 1.807) is 24.7 Å². The zero-order chi connectivity index (χ0) is 16.2. The molecule has 6 heteroatoms. The number of rotatable bonds is 5. The van der Waals surface area contributed by atoms with Crippen LogP contribution in [0, 0.1) is 5.82 Å². The molecular formula is C17H13FN2O2S. The molecule has 3 aromatic rings. The third kappa shape index (κ3) is 3.54. The average molecular weight is 328 g/mol. The predicted octanol–water partition coefficient (Wildman–Crippen LogP) is 4.16. The fourth-order valence-corrected chi connectivity index (χ4v) is 3.13. The first kappa shape index (κ1) is 15.2. The molecule has 0 unspecified atom stereocenters. The van der Waals surface area contributed by atoms with E-state index in [-0.39, 0.29) is 10.7 Å². The van der Waals surface area contributed by atoms with Gasteiger partial charge in [-0.15, -0.1) is 11.3 Å². The van der Waals surface area contributed by atoms with Gasteiger partial charge in [-0.25, -0.2) is 14.2 Å². The van der Waals surface area contributed by atoms with E-state index in [0.717, 1.165) is 4.88 Å². The van der Waals surface area contributed by atoms with Crippen LogP contribution in [-0.4, -0.2) is 20.6 Å². The summed E-state index contributed by atoms with van der Waals surface area (Å²) in [6.45, 7) is 0.659. The smallest absolute Gasteiger partial charge is 0.346 e. The molecule has 1 aromatic carbocycles. The van der Waals surface area contributed by atoms with Crippen LogP contribution < -0.4 is 0 Å². The second kappa shape index (κ2) is 6.58. The number of carbonyl (C=O) groups is 1. The van der Waals surface area contributed by atoms with E-state index in [2.05, 4.69) is 4.98 Å². The molecular weight excluding hydrogens is 315 g/mol. The van der Waals surface area contributed by atoms with E-state index in [9.17, 15) is 14.3 Å². The van der Waals surface area contributed by atoms with E-state index >= 15 is 0 Å². The minimum Gasteiger partial charge on any atom is -0.477 e. The van der Waals surface area contributed by atoms with Gasteiger partial charge in [0.05, 0.1) is 6.33 Å². The van der Waals surface area contributed by atoms with Gasteiger partial charge in [0.25, 0.3) is 0 Å². The van der Waals surface area contributed by atoms with Crippen LogP contribution in [0.2, 0.25) is 0 Å². The number of benzene rings is 1. The summed E-state index contributed by atoms with van der Waals surface area (Å²) in [6.07, 6.45) is 9.09. The number of thiophene rings is 1. The third-order valence-corrected chi connectivity index (χ3v) is 4.35. The minimum absolute atomic E-state index is 0.249. The van der Waals surface area contributed by atoms with Gasteiger partial charge < -0.3 is 9.67 Å². The third-order valence-electron chi connectivity index (χ3n) is 3.26. The highest BCUT2D eigenvalue weighted by atomic mass is 32.1. The number of allylic oxidation sites excluding steroid dienone is 1. The second-order valence-corrected chi connectivity index (χ2v) is 5.95. The van der Waals surface area contributed by atoms with E-state index in [4.69, 9.17) is 0 Å². The lowest BCUT2D eigenvalue weighted by Gasteiger charge is -1.99. The molecule has 0 bridgehead atoms. The van der Waals surface area contributed by atoms with Gasteiger partial charge in [-0.1, -0.05) is 18.2 Å². The average Bonchev–Trinajstić information content (AvgIpc) is 3.18. The molecule has 4 nitrogen and oxygen atoms in total. The maximum absolute atomic E-state index is 13.0. The second-order valence-electron chi connectivity index (χ2n) is 4.87. The van der Waals surface area contributed by atoms with Gasteiger partial charge in [-0.05, 0) is 29.8 Å². The van der Waals surface area contributed by atoms with Crippen molar-refractivity contribution in [1.29, 1.82) is 0 Å². The number of carboxylic acids is 1. The van der Waals surface area contributed by atoms with Gasteiger partial charge in [0.2, 0.25) is 0 Å². The molecule has 0 atom stereocenters. The SMILES string of the molecule is O=C(O)c1sc(C=CCn2ccnc2)cc1-c1ccc(F)cc1. The van der Waals surface area contributed by atoms with E-state index < -0.39 is 5.97 Å². The minimum atomic E-state index is -0.983. The van der Waals surface area contributed by atoms with Gasteiger partial charge in [0.15, 0.2) is 0 Å². The molecule has 0 aliphatic heterocycles. The molecule has 0 spiro atoms. The van der Waals surface area contributed by atoms with Gasteiger partial charge in [-0.2, -0.15) is 0 Å². The summed E-state index contributed by atoms with van der Waals surface area (Å²) in [5, 5.41) is 9.37. The predicted molar refractivity (Wildman–Crippen MR) is 87.9 cm³/mol. The fourth-order valence-electron chi connectivity index (χ4n) is 2.18. The molecule has 0 fully saturated rings. The Hall–Kier alpha value is -2.73. The number of aromatic nitrogens is 2. The van der Waals surface area contributed by atoms with Crippen LogP contribution in [0.5, 0.6) is 0 Å². The lowest BCUT2D eigenvalue weighted by Crippen LogP contribution is -1.94. The van der Waals surface area contributed by atoms with Crippen LogP contribution in [0.4, 0.5) is 4.39 Å².